The van der Waals surface area contributed by atoms with Gasteiger partial charge >= 0.3 is 0 Å². The van der Waals surface area contributed by atoms with Gasteiger partial charge in [-0.3, -0.25) is 0 Å². The topological polar surface area (TPSA) is 38.5 Å². The standard InChI is InChI=1S/C16H23FN2O/c1-16(2)13(10-19-7-3-4-8-19)15(18)12-9-11(17)5-6-14(12)20-16/h5-6,9,13,15H,3-4,7-8,10,18H2,1-2H3. The van der Waals surface area contributed by atoms with Crippen molar-refractivity contribution in [2.75, 3.05) is 19.6 Å². The number of likely N-dealkylation sites (tertiary alicyclic amines) is 1. The van der Waals surface area contributed by atoms with Gasteiger partial charge in [0.2, 0.25) is 0 Å². The molecule has 0 aliphatic carbocycles. The molecule has 2 N–H and O–H groups in total. The van der Waals surface area contributed by atoms with E-state index in [2.05, 4.69) is 18.7 Å². The molecule has 2 atom stereocenters. The van der Waals surface area contributed by atoms with E-state index in [-0.39, 0.29) is 23.4 Å². The zero-order valence-corrected chi connectivity index (χ0v) is 12.2. The predicted octanol–water partition coefficient (Wildman–Crippen LogP) is 2.71. The van der Waals surface area contributed by atoms with E-state index in [1.807, 2.05) is 0 Å². The molecule has 0 aromatic heterocycles. The first-order chi connectivity index (χ1) is 9.47. The minimum Gasteiger partial charge on any atom is -0.487 e. The molecule has 3 nitrogen and oxygen atoms in total. The Bertz CT molecular complexity index is 497. The van der Waals surface area contributed by atoms with Gasteiger partial charge in [-0.2, -0.15) is 0 Å². The summed E-state index contributed by atoms with van der Waals surface area (Å²) in [5.41, 5.74) is 6.91. The second kappa shape index (κ2) is 5.01. The molecule has 1 fully saturated rings. The van der Waals surface area contributed by atoms with Gasteiger partial charge in [0.05, 0.1) is 0 Å². The maximum absolute atomic E-state index is 13.5. The summed E-state index contributed by atoms with van der Waals surface area (Å²) in [6, 6.07) is 4.47. The summed E-state index contributed by atoms with van der Waals surface area (Å²) in [6.45, 7) is 7.36. The Kier molecular flexibility index (Phi) is 3.46. The number of fused-ring (bicyclic) bond motifs is 1. The lowest BCUT2D eigenvalue weighted by atomic mass is 9.78. The maximum Gasteiger partial charge on any atom is 0.125 e. The van der Waals surface area contributed by atoms with Gasteiger partial charge in [-0.1, -0.05) is 0 Å². The minimum atomic E-state index is -0.327. The lowest BCUT2D eigenvalue weighted by Gasteiger charge is -2.45. The predicted molar refractivity (Wildman–Crippen MR) is 77.2 cm³/mol. The Balaban J connectivity index is 1.89. The quantitative estimate of drug-likeness (QED) is 0.904. The minimum absolute atomic E-state index is 0.176. The van der Waals surface area contributed by atoms with Crippen LogP contribution in [0, 0.1) is 11.7 Å². The highest BCUT2D eigenvalue weighted by atomic mass is 19.1. The normalized spacial score (nSPS) is 29.0. The molecule has 3 rings (SSSR count). The average Bonchev–Trinajstić information content (AvgIpc) is 2.88. The number of rotatable bonds is 2. The number of halogens is 1. The largest absolute Gasteiger partial charge is 0.487 e. The SMILES string of the molecule is CC1(C)Oc2ccc(F)cc2C(N)C1CN1CCCC1. The first kappa shape index (κ1) is 13.8. The van der Waals surface area contributed by atoms with E-state index in [4.69, 9.17) is 10.5 Å². The third kappa shape index (κ3) is 2.42. The smallest absolute Gasteiger partial charge is 0.125 e. The van der Waals surface area contributed by atoms with Crippen LogP contribution < -0.4 is 10.5 Å². The van der Waals surface area contributed by atoms with Gasteiger partial charge < -0.3 is 15.4 Å². The van der Waals surface area contributed by atoms with Crippen molar-refractivity contribution in [2.45, 2.75) is 38.3 Å². The highest BCUT2D eigenvalue weighted by Crippen LogP contribution is 2.43. The first-order valence-electron chi connectivity index (χ1n) is 7.44. The molecular formula is C16H23FN2O. The van der Waals surface area contributed by atoms with Crippen LogP contribution in [0.4, 0.5) is 4.39 Å². The van der Waals surface area contributed by atoms with E-state index in [9.17, 15) is 4.39 Å². The van der Waals surface area contributed by atoms with Crippen molar-refractivity contribution in [3.8, 4) is 5.75 Å². The summed E-state index contributed by atoms with van der Waals surface area (Å²) in [5, 5.41) is 0. The second-order valence-electron chi connectivity index (χ2n) is 6.53. The van der Waals surface area contributed by atoms with Gasteiger partial charge in [-0.25, -0.2) is 4.39 Å². The molecule has 0 amide bonds. The molecule has 1 aromatic rings. The van der Waals surface area contributed by atoms with Crippen LogP contribution in [0.15, 0.2) is 18.2 Å². The van der Waals surface area contributed by atoms with Gasteiger partial charge in [-0.05, 0) is 58.0 Å². The molecule has 2 aliphatic rings. The second-order valence-corrected chi connectivity index (χ2v) is 6.53. The molecule has 0 spiro atoms. The Labute approximate surface area is 119 Å². The van der Waals surface area contributed by atoms with E-state index < -0.39 is 0 Å². The van der Waals surface area contributed by atoms with Crippen LogP contribution in [0.2, 0.25) is 0 Å². The molecule has 1 saturated heterocycles. The van der Waals surface area contributed by atoms with Crippen molar-refractivity contribution in [1.82, 2.24) is 4.90 Å². The number of hydrogen-bond donors (Lipinski definition) is 1. The van der Waals surface area contributed by atoms with Crippen molar-refractivity contribution >= 4 is 0 Å². The Morgan fingerprint density at radius 1 is 1.35 bits per heavy atom. The Hall–Kier alpha value is -1.13. The molecule has 0 radical (unpaired) electrons. The molecule has 1 aromatic carbocycles. The molecule has 4 heteroatoms. The fourth-order valence-electron chi connectivity index (χ4n) is 3.46. The molecule has 2 aliphatic heterocycles. The van der Waals surface area contributed by atoms with Crippen molar-refractivity contribution in [1.29, 1.82) is 0 Å². The molecule has 20 heavy (non-hydrogen) atoms. The zero-order chi connectivity index (χ0) is 14.3. The van der Waals surface area contributed by atoms with E-state index in [1.54, 1.807) is 6.07 Å². The van der Waals surface area contributed by atoms with E-state index in [0.717, 1.165) is 30.9 Å². The van der Waals surface area contributed by atoms with Crippen LogP contribution >= 0.6 is 0 Å². The number of hydrogen-bond acceptors (Lipinski definition) is 3. The number of nitrogens with two attached hydrogens (primary N) is 1. The fourth-order valence-corrected chi connectivity index (χ4v) is 3.46. The van der Waals surface area contributed by atoms with Crippen LogP contribution in [-0.4, -0.2) is 30.1 Å². The van der Waals surface area contributed by atoms with Crippen LogP contribution in [0.5, 0.6) is 5.75 Å². The fraction of sp³-hybridized carbons (Fsp3) is 0.625. The number of benzene rings is 1. The average molecular weight is 278 g/mol. The van der Waals surface area contributed by atoms with Gasteiger partial charge in [0.1, 0.15) is 17.2 Å². The maximum atomic E-state index is 13.5. The van der Waals surface area contributed by atoms with Crippen molar-refractivity contribution in [2.24, 2.45) is 11.7 Å². The highest BCUT2D eigenvalue weighted by Gasteiger charge is 2.43. The third-order valence-electron chi connectivity index (χ3n) is 4.68. The lowest BCUT2D eigenvalue weighted by molar-refractivity contribution is -0.00374. The molecule has 110 valence electrons. The molecule has 0 saturated carbocycles. The molecule has 0 bridgehead atoms. The summed E-state index contributed by atoms with van der Waals surface area (Å²) < 4.78 is 19.6. The van der Waals surface area contributed by atoms with Crippen LogP contribution in [0.25, 0.3) is 0 Å². The van der Waals surface area contributed by atoms with Crippen LogP contribution in [-0.2, 0) is 0 Å². The summed E-state index contributed by atoms with van der Waals surface area (Å²) in [5.74, 6) is 0.652. The van der Waals surface area contributed by atoms with Crippen LogP contribution in [0.3, 0.4) is 0 Å². The van der Waals surface area contributed by atoms with Gasteiger partial charge in [0.15, 0.2) is 0 Å². The molecular weight excluding hydrogens is 255 g/mol. The Morgan fingerprint density at radius 2 is 2.05 bits per heavy atom. The van der Waals surface area contributed by atoms with Crippen molar-refractivity contribution < 1.29 is 9.13 Å². The van der Waals surface area contributed by atoms with Crippen molar-refractivity contribution in [3.63, 3.8) is 0 Å². The highest BCUT2D eigenvalue weighted by molar-refractivity contribution is 5.40. The number of nitrogens with zero attached hydrogens (tertiary/aromatic N) is 1. The molecule has 2 unspecified atom stereocenters. The third-order valence-corrected chi connectivity index (χ3v) is 4.68. The first-order valence-corrected chi connectivity index (χ1v) is 7.44. The summed E-state index contributed by atoms with van der Waals surface area (Å²) in [7, 11) is 0. The van der Waals surface area contributed by atoms with E-state index >= 15 is 0 Å². The summed E-state index contributed by atoms with van der Waals surface area (Å²) in [6.07, 6.45) is 2.52. The summed E-state index contributed by atoms with van der Waals surface area (Å²) in [4.78, 5) is 2.44. The summed E-state index contributed by atoms with van der Waals surface area (Å²) >= 11 is 0. The Morgan fingerprint density at radius 3 is 2.75 bits per heavy atom. The zero-order valence-electron chi connectivity index (χ0n) is 12.2. The van der Waals surface area contributed by atoms with E-state index in [0.29, 0.717) is 0 Å². The van der Waals surface area contributed by atoms with Crippen LogP contribution in [0.1, 0.15) is 38.3 Å². The van der Waals surface area contributed by atoms with Gasteiger partial charge in [0.25, 0.3) is 0 Å². The molecule has 2 heterocycles. The monoisotopic (exact) mass is 278 g/mol. The lowest BCUT2D eigenvalue weighted by Crippen LogP contribution is -2.51. The van der Waals surface area contributed by atoms with Gasteiger partial charge in [0, 0.05) is 24.1 Å². The number of ether oxygens (including phenoxy) is 1. The van der Waals surface area contributed by atoms with Gasteiger partial charge in [-0.15, -0.1) is 0 Å². The van der Waals surface area contributed by atoms with Crippen molar-refractivity contribution in [3.05, 3.63) is 29.6 Å². The van der Waals surface area contributed by atoms with E-state index in [1.165, 1.54) is 25.0 Å².